The van der Waals surface area contributed by atoms with Gasteiger partial charge in [-0.05, 0) is 18.2 Å². The van der Waals surface area contributed by atoms with Gasteiger partial charge < -0.3 is 9.73 Å². The second-order valence-electron chi connectivity index (χ2n) is 4.33. The fourth-order valence-electron chi connectivity index (χ4n) is 1.87. The first-order chi connectivity index (χ1) is 10.1. The van der Waals surface area contributed by atoms with Crippen molar-refractivity contribution in [2.24, 2.45) is 0 Å². The zero-order chi connectivity index (χ0) is 15.2. The largest absolute Gasteiger partial charge is 0.469 e. The molecule has 8 heteroatoms. The van der Waals surface area contributed by atoms with E-state index < -0.39 is 9.85 Å². The predicted octanol–water partition coefficient (Wildman–Crippen LogP) is 2.43. The number of nitrogens with one attached hydrogen (secondary N) is 1. The van der Waals surface area contributed by atoms with Gasteiger partial charge in [-0.25, -0.2) is 0 Å². The first kappa shape index (κ1) is 14.7. The van der Waals surface area contributed by atoms with E-state index in [0.717, 1.165) is 11.8 Å². The third kappa shape index (κ3) is 3.86. The van der Waals surface area contributed by atoms with Gasteiger partial charge in [0.25, 0.3) is 11.4 Å². The van der Waals surface area contributed by atoms with Crippen LogP contribution in [0.5, 0.6) is 0 Å². The Kier molecular flexibility index (Phi) is 4.62. The quantitative estimate of drug-likeness (QED) is 0.476. The predicted molar refractivity (Wildman–Crippen MR) is 73.9 cm³/mol. The highest BCUT2D eigenvalue weighted by atomic mass is 16.6. The Labute approximate surface area is 119 Å². The molecule has 0 spiro atoms. The van der Waals surface area contributed by atoms with Crippen molar-refractivity contribution in [2.45, 2.75) is 13.0 Å². The van der Waals surface area contributed by atoms with Gasteiger partial charge >= 0.3 is 0 Å². The number of nitrogens with zero attached hydrogens (tertiary/aromatic N) is 2. The summed E-state index contributed by atoms with van der Waals surface area (Å²) in [7, 11) is 0. The second-order valence-corrected chi connectivity index (χ2v) is 4.33. The summed E-state index contributed by atoms with van der Waals surface area (Å²) in [6.07, 6.45) is 2.24. The molecule has 1 aromatic carbocycles. The number of furan rings is 1. The van der Waals surface area contributed by atoms with Gasteiger partial charge in [0.05, 0.1) is 22.2 Å². The standard InChI is InChI=1S/C13H13N3O5/c17-15(18)11-4-3-10(13(8-11)16(19)20)9-14-6-5-12-2-1-7-21-12/h1-4,7-8,14H,5-6,9H2. The molecule has 8 nitrogen and oxygen atoms in total. The number of non-ortho nitro benzene ring substituents is 1. The monoisotopic (exact) mass is 291 g/mol. The summed E-state index contributed by atoms with van der Waals surface area (Å²) in [6.45, 7) is 0.844. The average molecular weight is 291 g/mol. The molecule has 1 N–H and O–H groups in total. The molecule has 0 saturated heterocycles. The van der Waals surface area contributed by atoms with E-state index in [1.165, 1.54) is 12.1 Å². The molecule has 0 atom stereocenters. The lowest BCUT2D eigenvalue weighted by molar-refractivity contribution is -0.394. The minimum Gasteiger partial charge on any atom is -0.469 e. The summed E-state index contributed by atoms with van der Waals surface area (Å²) in [4.78, 5) is 20.3. The van der Waals surface area contributed by atoms with Gasteiger partial charge in [0, 0.05) is 31.1 Å². The van der Waals surface area contributed by atoms with Crippen LogP contribution in [0.3, 0.4) is 0 Å². The van der Waals surface area contributed by atoms with E-state index in [9.17, 15) is 20.2 Å². The van der Waals surface area contributed by atoms with E-state index in [-0.39, 0.29) is 17.9 Å². The molecule has 1 heterocycles. The topological polar surface area (TPSA) is 111 Å². The number of hydrogen-bond donors (Lipinski definition) is 1. The van der Waals surface area contributed by atoms with Crippen LogP contribution >= 0.6 is 0 Å². The molecule has 2 rings (SSSR count). The van der Waals surface area contributed by atoms with E-state index in [1.54, 1.807) is 12.3 Å². The Balaban J connectivity index is 1.98. The van der Waals surface area contributed by atoms with Crippen LogP contribution in [0.1, 0.15) is 11.3 Å². The van der Waals surface area contributed by atoms with Gasteiger partial charge in [-0.3, -0.25) is 20.2 Å². The molecular weight excluding hydrogens is 278 g/mol. The molecule has 21 heavy (non-hydrogen) atoms. The molecular formula is C13H13N3O5. The van der Waals surface area contributed by atoms with Crippen molar-refractivity contribution in [1.29, 1.82) is 0 Å². The third-order valence-electron chi connectivity index (χ3n) is 2.92. The maximum atomic E-state index is 11.0. The molecule has 2 aromatic rings. The molecule has 0 unspecified atom stereocenters. The lowest BCUT2D eigenvalue weighted by atomic mass is 10.1. The Morgan fingerprint density at radius 2 is 1.95 bits per heavy atom. The normalized spacial score (nSPS) is 10.5. The number of rotatable bonds is 7. The van der Waals surface area contributed by atoms with Crippen molar-refractivity contribution < 1.29 is 14.3 Å². The summed E-state index contributed by atoms with van der Waals surface area (Å²) in [5.74, 6) is 0.820. The summed E-state index contributed by atoms with van der Waals surface area (Å²) < 4.78 is 5.17. The Bertz CT molecular complexity index is 639. The fourth-order valence-corrected chi connectivity index (χ4v) is 1.87. The van der Waals surface area contributed by atoms with Crippen molar-refractivity contribution >= 4 is 11.4 Å². The fraction of sp³-hybridized carbons (Fsp3) is 0.231. The number of benzene rings is 1. The summed E-state index contributed by atoms with van der Waals surface area (Å²) in [5, 5.41) is 24.6. The Morgan fingerprint density at radius 3 is 2.57 bits per heavy atom. The first-order valence-electron chi connectivity index (χ1n) is 6.22. The van der Waals surface area contributed by atoms with Gasteiger partial charge in [-0.1, -0.05) is 0 Å². The van der Waals surface area contributed by atoms with Crippen molar-refractivity contribution in [3.05, 3.63) is 68.1 Å². The van der Waals surface area contributed by atoms with E-state index in [4.69, 9.17) is 4.42 Å². The van der Waals surface area contributed by atoms with Crippen LogP contribution in [-0.4, -0.2) is 16.4 Å². The number of hydrogen-bond acceptors (Lipinski definition) is 6. The van der Waals surface area contributed by atoms with Gasteiger partial charge in [0.1, 0.15) is 5.76 Å². The molecule has 0 radical (unpaired) electrons. The van der Waals surface area contributed by atoms with Crippen molar-refractivity contribution in [1.82, 2.24) is 5.32 Å². The molecule has 0 aliphatic heterocycles. The number of nitro benzene ring substituents is 2. The summed E-state index contributed by atoms with van der Waals surface area (Å²) in [5.41, 5.74) is -0.138. The molecule has 0 aliphatic carbocycles. The van der Waals surface area contributed by atoms with Crippen molar-refractivity contribution in [3.8, 4) is 0 Å². The van der Waals surface area contributed by atoms with Crippen LogP contribution in [-0.2, 0) is 13.0 Å². The van der Waals surface area contributed by atoms with E-state index in [2.05, 4.69) is 5.32 Å². The molecule has 1 aromatic heterocycles. The maximum Gasteiger partial charge on any atom is 0.280 e. The van der Waals surface area contributed by atoms with E-state index in [1.807, 2.05) is 6.07 Å². The maximum absolute atomic E-state index is 11.0. The van der Waals surface area contributed by atoms with Crippen LogP contribution in [0.4, 0.5) is 11.4 Å². The highest BCUT2D eigenvalue weighted by Gasteiger charge is 2.18. The van der Waals surface area contributed by atoms with E-state index in [0.29, 0.717) is 18.5 Å². The average Bonchev–Trinajstić information content (AvgIpc) is 2.96. The molecule has 0 bridgehead atoms. The van der Waals surface area contributed by atoms with Crippen LogP contribution in [0.25, 0.3) is 0 Å². The van der Waals surface area contributed by atoms with Crippen LogP contribution in [0.2, 0.25) is 0 Å². The molecule has 110 valence electrons. The SMILES string of the molecule is O=[N+]([O-])c1ccc(CNCCc2ccco2)c([N+](=O)[O-])c1. The molecule has 0 amide bonds. The molecule has 0 saturated carbocycles. The molecule has 0 aliphatic rings. The highest BCUT2D eigenvalue weighted by Crippen LogP contribution is 2.24. The Morgan fingerprint density at radius 1 is 1.14 bits per heavy atom. The minimum absolute atomic E-state index is 0.255. The Hall–Kier alpha value is -2.74. The first-order valence-corrected chi connectivity index (χ1v) is 6.22. The van der Waals surface area contributed by atoms with Crippen molar-refractivity contribution in [2.75, 3.05) is 6.54 Å². The third-order valence-corrected chi connectivity index (χ3v) is 2.92. The number of nitro groups is 2. The summed E-state index contributed by atoms with van der Waals surface area (Å²) >= 11 is 0. The van der Waals surface area contributed by atoms with Gasteiger partial charge in [0.15, 0.2) is 0 Å². The minimum atomic E-state index is -0.652. The lowest BCUT2D eigenvalue weighted by Gasteiger charge is -2.05. The molecule has 0 fully saturated rings. The second kappa shape index (κ2) is 6.62. The summed E-state index contributed by atoms with van der Waals surface area (Å²) in [6, 6.07) is 7.27. The van der Waals surface area contributed by atoms with Crippen LogP contribution in [0, 0.1) is 20.2 Å². The lowest BCUT2D eigenvalue weighted by Crippen LogP contribution is -2.17. The van der Waals surface area contributed by atoms with Crippen molar-refractivity contribution in [3.63, 3.8) is 0 Å². The smallest absolute Gasteiger partial charge is 0.280 e. The van der Waals surface area contributed by atoms with Gasteiger partial charge in [-0.15, -0.1) is 0 Å². The van der Waals surface area contributed by atoms with Crippen LogP contribution in [0.15, 0.2) is 41.0 Å². The zero-order valence-corrected chi connectivity index (χ0v) is 11.0. The van der Waals surface area contributed by atoms with Gasteiger partial charge in [0.2, 0.25) is 0 Å². The van der Waals surface area contributed by atoms with Crippen LogP contribution < -0.4 is 5.32 Å². The zero-order valence-electron chi connectivity index (χ0n) is 11.0. The van der Waals surface area contributed by atoms with Gasteiger partial charge in [-0.2, -0.15) is 0 Å². The highest BCUT2D eigenvalue weighted by molar-refractivity contribution is 5.49. The van der Waals surface area contributed by atoms with E-state index >= 15 is 0 Å².